The number of ether oxygens (including phenoxy) is 1. The molecule has 1 saturated carbocycles. The zero-order valence-corrected chi connectivity index (χ0v) is 22.4. The van der Waals surface area contributed by atoms with E-state index in [-0.39, 0.29) is 42.5 Å². The summed E-state index contributed by atoms with van der Waals surface area (Å²) >= 11 is 0. The number of hydrogen-bond donors (Lipinski definition) is 2. The number of anilines is 1. The molecule has 11 nitrogen and oxygen atoms in total. The van der Waals surface area contributed by atoms with Crippen LogP contribution in [0, 0.1) is 29.6 Å². The molecule has 1 aliphatic carbocycles. The second kappa shape index (κ2) is 10.6. The third-order valence-electron chi connectivity index (χ3n) is 7.67. The molecule has 2 aromatic heterocycles. The first kappa shape index (κ1) is 27.4. The number of carbonyl (C=O) groups excluding carboxylic acids is 2. The van der Waals surface area contributed by atoms with Gasteiger partial charge in [0.1, 0.15) is 12.3 Å². The number of ketones is 1. The number of piperidine rings is 1. The Morgan fingerprint density at radius 3 is 2.50 bits per heavy atom. The first-order chi connectivity index (χ1) is 17.9. The number of carbonyl (C=O) groups is 2. The van der Waals surface area contributed by atoms with Gasteiger partial charge in [0.15, 0.2) is 0 Å². The van der Waals surface area contributed by atoms with Gasteiger partial charge in [-0.25, -0.2) is 4.98 Å². The Labute approximate surface area is 222 Å². The van der Waals surface area contributed by atoms with Gasteiger partial charge in [0.05, 0.1) is 17.1 Å². The molecule has 2 aromatic rings. The lowest BCUT2D eigenvalue weighted by Gasteiger charge is -2.32. The summed E-state index contributed by atoms with van der Waals surface area (Å²) in [4.78, 5) is 44.5. The highest BCUT2D eigenvalue weighted by molar-refractivity contribution is 5.93. The van der Waals surface area contributed by atoms with Crippen molar-refractivity contribution in [2.45, 2.75) is 71.3 Å². The lowest BCUT2D eigenvalue weighted by Crippen LogP contribution is -2.35. The van der Waals surface area contributed by atoms with Gasteiger partial charge in [-0.05, 0) is 64.0 Å². The van der Waals surface area contributed by atoms with E-state index in [9.17, 15) is 20.0 Å². The van der Waals surface area contributed by atoms with Gasteiger partial charge in [0.25, 0.3) is 5.91 Å². The zero-order valence-electron chi connectivity index (χ0n) is 22.4. The second-order valence-electron chi connectivity index (χ2n) is 11.1. The fourth-order valence-corrected chi connectivity index (χ4v) is 4.33. The largest absolute Gasteiger partial charge is 0.462 e. The monoisotopic (exact) mass is 521 g/mol. The van der Waals surface area contributed by atoms with Gasteiger partial charge < -0.3 is 20.5 Å². The third-order valence-corrected chi connectivity index (χ3v) is 7.67. The Kier molecular flexibility index (Phi) is 7.65. The molecule has 38 heavy (non-hydrogen) atoms. The topological polar surface area (TPSA) is 168 Å². The van der Waals surface area contributed by atoms with Gasteiger partial charge in [-0.1, -0.05) is 13.0 Å². The number of nitrogens with two attached hydrogens (primary N) is 1. The van der Waals surface area contributed by atoms with Gasteiger partial charge >= 0.3 is 6.01 Å². The quantitative estimate of drug-likeness (QED) is 0.443. The number of nitrogens with zero attached hydrogens (tertiary/aromatic N) is 6. The number of nitriles is 1. The second-order valence-corrected chi connectivity index (χ2v) is 11.1. The lowest BCUT2D eigenvalue weighted by atomic mass is 9.88. The Bertz CT molecular complexity index is 1260. The highest BCUT2D eigenvalue weighted by atomic mass is 16.5. The van der Waals surface area contributed by atoms with Gasteiger partial charge in [-0.15, -0.1) is 0 Å². The maximum atomic E-state index is 13.1. The Balaban J connectivity index is 1.52. The summed E-state index contributed by atoms with van der Waals surface area (Å²) in [5.74, 6) is -0.703. The summed E-state index contributed by atoms with van der Waals surface area (Å²) < 4.78 is 5.79. The average Bonchev–Trinajstić information content (AvgIpc) is 3.67. The molecule has 0 spiro atoms. The summed E-state index contributed by atoms with van der Waals surface area (Å²) in [6, 6.07) is 6.09. The van der Waals surface area contributed by atoms with Crippen molar-refractivity contribution in [2.75, 3.05) is 24.6 Å². The number of primary amides is 1. The molecule has 0 aromatic carbocycles. The van der Waals surface area contributed by atoms with Crippen molar-refractivity contribution < 1.29 is 19.4 Å². The van der Waals surface area contributed by atoms with Crippen LogP contribution in [0.25, 0.3) is 0 Å². The van der Waals surface area contributed by atoms with Crippen molar-refractivity contribution in [3.8, 4) is 12.1 Å². The number of aromatic nitrogens is 4. The number of rotatable bonds is 10. The van der Waals surface area contributed by atoms with Crippen molar-refractivity contribution in [1.82, 2.24) is 19.9 Å². The predicted octanol–water partition coefficient (Wildman–Crippen LogP) is 2.72. The van der Waals surface area contributed by atoms with Gasteiger partial charge in [0.2, 0.25) is 17.6 Å². The van der Waals surface area contributed by atoms with Crippen LogP contribution in [-0.4, -0.2) is 62.0 Å². The molecule has 1 amide bonds. The third kappa shape index (κ3) is 6.25. The van der Waals surface area contributed by atoms with Crippen LogP contribution in [0.15, 0.2) is 12.1 Å². The van der Waals surface area contributed by atoms with E-state index >= 15 is 0 Å². The van der Waals surface area contributed by atoms with E-state index in [0.29, 0.717) is 24.7 Å². The molecular weight excluding hydrogens is 486 g/mol. The highest BCUT2D eigenvalue weighted by Gasteiger charge is 2.44. The summed E-state index contributed by atoms with van der Waals surface area (Å²) in [6.07, 6.45) is 3.07. The minimum absolute atomic E-state index is 0.0173. The summed E-state index contributed by atoms with van der Waals surface area (Å²) in [6.45, 7) is 8.29. The van der Waals surface area contributed by atoms with Gasteiger partial charge in [-0.3, -0.25) is 9.59 Å². The van der Waals surface area contributed by atoms with Gasteiger partial charge in [0, 0.05) is 31.1 Å². The zero-order chi connectivity index (χ0) is 27.7. The Hall–Kier alpha value is -3.65. The van der Waals surface area contributed by atoms with E-state index in [0.717, 1.165) is 36.9 Å². The molecule has 2 fully saturated rings. The number of hydrogen-bond acceptors (Lipinski definition) is 10. The molecule has 2 aliphatic rings. The fraction of sp³-hybridized carbons (Fsp3) is 0.593. The summed E-state index contributed by atoms with van der Waals surface area (Å²) in [5, 5.41) is 19.7. The number of Topliss-reactive ketones (excluding diaryl/α,β-unsaturated/α-hetero) is 1. The van der Waals surface area contributed by atoms with Crippen molar-refractivity contribution in [1.29, 1.82) is 5.26 Å². The molecule has 4 rings (SSSR count). The predicted molar refractivity (Wildman–Crippen MR) is 139 cm³/mol. The average molecular weight is 522 g/mol. The smallest absolute Gasteiger partial charge is 0.321 e. The molecule has 1 saturated heterocycles. The highest BCUT2D eigenvalue weighted by Crippen LogP contribution is 2.45. The minimum Gasteiger partial charge on any atom is -0.462 e. The van der Waals surface area contributed by atoms with Crippen LogP contribution in [-0.2, 0) is 0 Å². The van der Waals surface area contributed by atoms with Crippen LogP contribution in [0.3, 0.4) is 0 Å². The summed E-state index contributed by atoms with van der Waals surface area (Å²) in [5.41, 5.74) is 5.79. The first-order valence-corrected chi connectivity index (χ1v) is 13.0. The number of amides is 1. The molecule has 0 unspecified atom stereocenters. The van der Waals surface area contributed by atoms with E-state index in [1.807, 2.05) is 24.0 Å². The Morgan fingerprint density at radius 2 is 1.92 bits per heavy atom. The van der Waals surface area contributed by atoms with Crippen LogP contribution in [0.4, 0.5) is 5.95 Å². The van der Waals surface area contributed by atoms with Crippen molar-refractivity contribution in [3.63, 3.8) is 0 Å². The van der Waals surface area contributed by atoms with E-state index in [1.165, 1.54) is 0 Å². The first-order valence-electron chi connectivity index (χ1n) is 13.0. The summed E-state index contributed by atoms with van der Waals surface area (Å²) in [7, 11) is 0. The fourth-order valence-electron chi connectivity index (χ4n) is 4.33. The SMILES string of the molecule is Cc1ccc(C2CCN(c3nc(OCC4(C#N)CC4)nc(C(=O)C[C@H](C)C(C)(C)O)n3)CC2)nc1C(N)=O. The normalized spacial score (nSPS) is 17.9. The molecule has 0 bridgehead atoms. The van der Waals surface area contributed by atoms with Gasteiger partial charge in [-0.2, -0.15) is 20.2 Å². The van der Waals surface area contributed by atoms with Crippen LogP contribution in [0.2, 0.25) is 0 Å². The minimum atomic E-state index is -1.03. The molecule has 1 aliphatic heterocycles. The lowest BCUT2D eigenvalue weighted by molar-refractivity contribution is 0.0211. The number of aliphatic hydroxyl groups is 1. The molecular formula is C27H35N7O4. The molecule has 202 valence electrons. The molecule has 3 N–H and O–H groups in total. The number of aryl methyl sites for hydroxylation is 1. The standard InChI is InChI=1S/C27H35N7O4/c1-16-5-6-19(30-21(16)22(29)36)18-7-11-34(12-8-18)24-31-23(20(35)13-17(2)26(3,4)37)32-25(33-24)38-15-27(14-28)9-10-27/h5-6,17-18,37H,7-13,15H2,1-4H3,(H2,29,36)/t17-/m0/s1. The Morgan fingerprint density at radius 1 is 1.24 bits per heavy atom. The molecule has 0 radical (unpaired) electrons. The van der Waals surface area contributed by atoms with E-state index < -0.39 is 16.9 Å². The van der Waals surface area contributed by atoms with E-state index in [2.05, 4.69) is 26.0 Å². The van der Waals surface area contributed by atoms with Crippen LogP contribution < -0.4 is 15.4 Å². The van der Waals surface area contributed by atoms with Crippen molar-refractivity contribution >= 4 is 17.6 Å². The molecule has 1 atom stereocenters. The van der Waals surface area contributed by atoms with E-state index in [4.69, 9.17) is 10.5 Å². The van der Waals surface area contributed by atoms with Crippen LogP contribution in [0.5, 0.6) is 6.01 Å². The number of pyridine rings is 1. The molecule has 3 heterocycles. The maximum Gasteiger partial charge on any atom is 0.321 e. The van der Waals surface area contributed by atoms with Crippen molar-refractivity contribution in [2.24, 2.45) is 17.1 Å². The van der Waals surface area contributed by atoms with Crippen LogP contribution >= 0.6 is 0 Å². The van der Waals surface area contributed by atoms with Crippen molar-refractivity contribution in [3.05, 3.63) is 34.9 Å². The molecule has 11 heteroatoms. The maximum absolute atomic E-state index is 13.1. The van der Waals surface area contributed by atoms with Crippen LogP contribution in [0.1, 0.15) is 91.2 Å². The van der Waals surface area contributed by atoms with E-state index in [1.54, 1.807) is 20.8 Å².